The maximum atomic E-state index is 14.1. The SMILES string of the molecule is Cc1ccc(CN2CC(CN(CC(C)C)C(=O)c3ccccc3)C(c3cccc(F)c3)C2)o1. The largest absolute Gasteiger partial charge is 0.465 e. The second-order valence-corrected chi connectivity index (χ2v) is 9.60. The molecule has 3 aromatic rings. The molecule has 33 heavy (non-hydrogen) atoms. The predicted octanol–water partition coefficient (Wildman–Crippen LogP) is 5.74. The smallest absolute Gasteiger partial charge is 0.253 e. The van der Waals surface area contributed by atoms with Crippen LogP contribution in [0.2, 0.25) is 0 Å². The Morgan fingerprint density at radius 2 is 1.88 bits per heavy atom. The van der Waals surface area contributed by atoms with Crippen molar-refractivity contribution in [1.82, 2.24) is 9.80 Å². The van der Waals surface area contributed by atoms with Crippen molar-refractivity contribution in [2.75, 3.05) is 26.2 Å². The van der Waals surface area contributed by atoms with Crippen LogP contribution in [0.15, 0.2) is 71.1 Å². The van der Waals surface area contributed by atoms with Crippen LogP contribution in [0.4, 0.5) is 4.39 Å². The highest BCUT2D eigenvalue weighted by Crippen LogP contribution is 2.35. The first-order valence-corrected chi connectivity index (χ1v) is 11.8. The minimum Gasteiger partial charge on any atom is -0.465 e. The van der Waals surface area contributed by atoms with E-state index in [9.17, 15) is 9.18 Å². The molecule has 1 aromatic heterocycles. The molecule has 0 bridgehead atoms. The van der Waals surface area contributed by atoms with Gasteiger partial charge < -0.3 is 9.32 Å². The average molecular weight is 449 g/mol. The van der Waals surface area contributed by atoms with Gasteiger partial charge in [-0.05, 0) is 60.7 Å². The highest BCUT2D eigenvalue weighted by Gasteiger charge is 2.36. The number of hydrogen-bond donors (Lipinski definition) is 0. The highest BCUT2D eigenvalue weighted by atomic mass is 19.1. The lowest BCUT2D eigenvalue weighted by molar-refractivity contribution is 0.0703. The number of furan rings is 1. The molecule has 1 fully saturated rings. The lowest BCUT2D eigenvalue weighted by Crippen LogP contribution is -2.39. The normalized spacial score (nSPS) is 18.7. The molecular formula is C28H33FN2O2. The number of carbonyl (C=O) groups excluding carboxylic acids is 1. The quantitative estimate of drug-likeness (QED) is 0.441. The molecule has 0 N–H and O–H groups in total. The minimum absolute atomic E-state index is 0.0578. The van der Waals surface area contributed by atoms with Crippen molar-refractivity contribution >= 4 is 5.91 Å². The summed E-state index contributed by atoms with van der Waals surface area (Å²) >= 11 is 0. The average Bonchev–Trinajstić information content (AvgIpc) is 3.38. The maximum Gasteiger partial charge on any atom is 0.253 e. The molecule has 0 radical (unpaired) electrons. The van der Waals surface area contributed by atoms with Crippen molar-refractivity contribution in [1.29, 1.82) is 0 Å². The predicted molar refractivity (Wildman–Crippen MR) is 129 cm³/mol. The summed E-state index contributed by atoms with van der Waals surface area (Å²) in [6, 6.07) is 20.4. The second kappa shape index (κ2) is 10.3. The van der Waals surface area contributed by atoms with Gasteiger partial charge in [0.1, 0.15) is 17.3 Å². The first kappa shape index (κ1) is 23.2. The van der Waals surface area contributed by atoms with Gasteiger partial charge in [-0.2, -0.15) is 0 Å². The van der Waals surface area contributed by atoms with Crippen LogP contribution in [0.5, 0.6) is 0 Å². The Morgan fingerprint density at radius 3 is 2.55 bits per heavy atom. The lowest BCUT2D eigenvalue weighted by Gasteiger charge is -2.30. The van der Waals surface area contributed by atoms with Gasteiger partial charge >= 0.3 is 0 Å². The third-order valence-electron chi connectivity index (χ3n) is 6.32. The van der Waals surface area contributed by atoms with Gasteiger partial charge in [0.2, 0.25) is 0 Å². The number of hydrogen-bond acceptors (Lipinski definition) is 3. The van der Waals surface area contributed by atoms with Crippen LogP contribution in [0.3, 0.4) is 0 Å². The molecule has 1 aliphatic rings. The van der Waals surface area contributed by atoms with E-state index in [4.69, 9.17) is 4.42 Å². The Hall–Kier alpha value is -2.92. The monoisotopic (exact) mass is 448 g/mol. The third-order valence-corrected chi connectivity index (χ3v) is 6.32. The summed E-state index contributed by atoms with van der Waals surface area (Å²) in [7, 11) is 0. The molecule has 0 aliphatic carbocycles. The van der Waals surface area contributed by atoms with E-state index in [1.165, 1.54) is 6.07 Å². The first-order valence-electron chi connectivity index (χ1n) is 11.8. The standard InChI is InChI=1S/C28H33FN2O2/c1-20(2)15-31(28(32)22-8-5-4-6-9-22)17-24-16-30(18-26-13-12-21(3)33-26)19-27(24)23-10-7-11-25(29)14-23/h4-14,20,24,27H,15-19H2,1-3H3. The fourth-order valence-electron chi connectivity index (χ4n) is 4.91. The number of amides is 1. The molecule has 174 valence electrons. The van der Waals surface area contributed by atoms with Gasteiger partial charge in [-0.3, -0.25) is 9.69 Å². The summed E-state index contributed by atoms with van der Waals surface area (Å²) in [5.74, 6) is 2.39. The maximum absolute atomic E-state index is 14.1. The Labute approximate surface area is 196 Å². The van der Waals surface area contributed by atoms with Crippen molar-refractivity contribution < 1.29 is 13.6 Å². The Balaban J connectivity index is 1.58. The summed E-state index contributed by atoms with van der Waals surface area (Å²) in [5.41, 5.74) is 1.70. The first-order chi connectivity index (χ1) is 15.9. The fourth-order valence-corrected chi connectivity index (χ4v) is 4.91. The molecule has 1 saturated heterocycles. The van der Waals surface area contributed by atoms with Crippen molar-refractivity contribution in [3.63, 3.8) is 0 Å². The minimum atomic E-state index is -0.217. The Kier molecular flexibility index (Phi) is 7.29. The van der Waals surface area contributed by atoms with Crippen molar-refractivity contribution in [3.05, 3.63) is 95.2 Å². The Morgan fingerprint density at radius 1 is 1.09 bits per heavy atom. The van der Waals surface area contributed by atoms with Crippen LogP contribution < -0.4 is 0 Å². The summed E-state index contributed by atoms with van der Waals surface area (Å²) in [6.45, 7) is 9.90. The zero-order valence-electron chi connectivity index (χ0n) is 19.7. The van der Waals surface area contributed by atoms with Gasteiger partial charge in [0.25, 0.3) is 5.91 Å². The van der Waals surface area contributed by atoms with Gasteiger partial charge in [-0.15, -0.1) is 0 Å². The van der Waals surface area contributed by atoms with Crippen LogP contribution in [-0.2, 0) is 6.54 Å². The highest BCUT2D eigenvalue weighted by molar-refractivity contribution is 5.94. The van der Waals surface area contributed by atoms with Gasteiger partial charge in [0.15, 0.2) is 0 Å². The van der Waals surface area contributed by atoms with Gasteiger partial charge in [-0.1, -0.05) is 44.2 Å². The topological polar surface area (TPSA) is 36.7 Å². The van der Waals surface area contributed by atoms with E-state index >= 15 is 0 Å². The number of carbonyl (C=O) groups is 1. The van der Waals surface area contributed by atoms with Crippen molar-refractivity contribution in [3.8, 4) is 0 Å². The molecular weight excluding hydrogens is 415 g/mol. The molecule has 4 rings (SSSR count). The molecule has 2 aromatic carbocycles. The third kappa shape index (κ3) is 5.91. The Bertz CT molecular complexity index is 1060. The molecule has 2 unspecified atom stereocenters. The molecule has 0 spiro atoms. The van der Waals surface area contributed by atoms with Gasteiger partial charge in [0, 0.05) is 37.7 Å². The number of rotatable bonds is 8. The van der Waals surface area contributed by atoms with Crippen LogP contribution in [0, 0.1) is 24.6 Å². The van der Waals surface area contributed by atoms with Crippen LogP contribution in [0.1, 0.15) is 47.2 Å². The van der Waals surface area contributed by atoms with Crippen molar-refractivity contribution in [2.24, 2.45) is 11.8 Å². The molecule has 4 nitrogen and oxygen atoms in total. The van der Waals surface area contributed by atoms with Crippen LogP contribution in [0.25, 0.3) is 0 Å². The van der Waals surface area contributed by atoms with E-state index in [1.54, 1.807) is 12.1 Å². The second-order valence-electron chi connectivity index (χ2n) is 9.60. The summed E-state index contributed by atoms with van der Waals surface area (Å²) in [5, 5.41) is 0. The molecule has 2 atom stereocenters. The number of likely N-dealkylation sites (tertiary alicyclic amines) is 1. The number of halogens is 1. The van der Waals surface area contributed by atoms with E-state index in [1.807, 2.05) is 60.4 Å². The fraction of sp³-hybridized carbons (Fsp3) is 0.393. The summed E-state index contributed by atoms with van der Waals surface area (Å²) < 4.78 is 19.9. The molecule has 0 saturated carbocycles. The van der Waals surface area contributed by atoms with Crippen LogP contribution in [-0.4, -0.2) is 41.9 Å². The van der Waals surface area contributed by atoms with E-state index in [-0.39, 0.29) is 23.6 Å². The molecule has 1 amide bonds. The van der Waals surface area contributed by atoms with Gasteiger partial charge in [-0.25, -0.2) is 4.39 Å². The number of nitrogens with zero attached hydrogens (tertiary/aromatic N) is 2. The summed E-state index contributed by atoms with van der Waals surface area (Å²) in [4.78, 5) is 17.7. The van der Waals surface area contributed by atoms with Crippen LogP contribution >= 0.6 is 0 Å². The zero-order valence-corrected chi connectivity index (χ0v) is 19.7. The molecule has 1 aliphatic heterocycles. The summed E-state index contributed by atoms with van der Waals surface area (Å²) in [6.07, 6.45) is 0. The van der Waals surface area contributed by atoms with E-state index < -0.39 is 0 Å². The van der Waals surface area contributed by atoms with E-state index in [2.05, 4.69) is 18.7 Å². The van der Waals surface area contributed by atoms with Crippen molar-refractivity contribution in [2.45, 2.75) is 33.2 Å². The number of benzene rings is 2. The van der Waals surface area contributed by atoms with E-state index in [0.717, 1.165) is 30.2 Å². The molecule has 5 heteroatoms. The van der Waals surface area contributed by atoms with Gasteiger partial charge in [0.05, 0.1) is 6.54 Å². The molecule has 2 heterocycles. The lowest BCUT2D eigenvalue weighted by atomic mass is 9.88. The zero-order chi connectivity index (χ0) is 23.4. The number of aryl methyl sites for hydroxylation is 1. The van der Waals surface area contributed by atoms with E-state index in [0.29, 0.717) is 31.1 Å².